The van der Waals surface area contributed by atoms with E-state index in [1.165, 1.54) is 5.56 Å². The Bertz CT molecular complexity index is 647. The first-order valence-corrected chi connectivity index (χ1v) is 9.59. The molecule has 7 heteroatoms. The molecule has 0 aromatic heterocycles. The number of piperazine rings is 1. The molecule has 0 bridgehead atoms. The van der Waals surface area contributed by atoms with E-state index in [2.05, 4.69) is 11.0 Å². The van der Waals surface area contributed by atoms with Crippen LogP contribution in [0.15, 0.2) is 24.3 Å². The Morgan fingerprint density at radius 2 is 1.88 bits per heavy atom. The van der Waals surface area contributed by atoms with Crippen molar-refractivity contribution in [1.82, 2.24) is 14.7 Å². The molecule has 0 saturated carbocycles. The molecule has 0 spiro atoms. The summed E-state index contributed by atoms with van der Waals surface area (Å²) in [7, 11) is 0. The summed E-state index contributed by atoms with van der Waals surface area (Å²) < 4.78 is 0. The number of likely N-dealkylation sites (tertiary alicyclic amines) is 1. The number of carboxylic acid groups (broad SMARTS) is 1. The lowest BCUT2D eigenvalue weighted by molar-refractivity contribution is -0.145. The molecule has 1 aromatic carbocycles. The van der Waals surface area contributed by atoms with Crippen LogP contribution in [-0.4, -0.2) is 77.5 Å². The van der Waals surface area contributed by atoms with Crippen LogP contribution >= 0.6 is 11.6 Å². The first-order valence-electron chi connectivity index (χ1n) is 9.21. The van der Waals surface area contributed by atoms with Crippen LogP contribution in [0.4, 0.5) is 0 Å². The molecule has 0 radical (unpaired) electrons. The van der Waals surface area contributed by atoms with Gasteiger partial charge in [-0.2, -0.15) is 0 Å². The summed E-state index contributed by atoms with van der Waals surface area (Å²) in [5.74, 6) is -0.985. The van der Waals surface area contributed by atoms with E-state index in [1.54, 1.807) is 0 Å². The Kier molecular flexibility index (Phi) is 6.51. The quantitative estimate of drug-likeness (QED) is 0.844. The molecule has 2 aliphatic rings. The maximum Gasteiger partial charge on any atom is 0.307 e. The molecule has 3 rings (SSSR count). The molecule has 26 heavy (non-hydrogen) atoms. The molecule has 1 atom stereocenters. The number of piperidine rings is 1. The molecule has 1 amide bonds. The van der Waals surface area contributed by atoms with Gasteiger partial charge >= 0.3 is 5.97 Å². The molecule has 2 heterocycles. The highest BCUT2D eigenvalue weighted by Crippen LogP contribution is 2.17. The SMILES string of the molecule is O=C(O)C1CCCN(CC(=O)N2CCN(Cc3cccc(Cl)c3)CC2)C1. The lowest BCUT2D eigenvalue weighted by Gasteiger charge is -2.37. The van der Waals surface area contributed by atoms with Crippen LogP contribution in [0.25, 0.3) is 0 Å². The van der Waals surface area contributed by atoms with E-state index in [4.69, 9.17) is 11.6 Å². The van der Waals surface area contributed by atoms with Crippen molar-refractivity contribution in [3.8, 4) is 0 Å². The molecule has 1 unspecified atom stereocenters. The van der Waals surface area contributed by atoms with Crippen molar-refractivity contribution in [2.45, 2.75) is 19.4 Å². The number of carbonyl (C=O) groups excluding carboxylic acids is 1. The summed E-state index contributed by atoms with van der Waals surface area (Å²) in [6, 6.07) is 7.88. The zero-order chi connectivity index (χ0) is 18.5. The minimum Gasteiger partial charge on any atom is -0.481 e. The van der Waals surface area contributed by atoms with Crippen LogP contribution in [0.5, 0.6) is 0 Å². The van der Waals surface area contributed by atoms with Crippen molar-refractivity contribution >= 4 is 23.5 Å². The Labute approximate surface area is 159 Å². The van der Waals surface area contributed by atoms with Gasteiger partial charge in [0.25, 0.3) is 0 Å². The van der Waals surface area contributed by atoms with Crippen LogP contribution in [0.1, 0.15) is 18.4 Å². The molecule has 6 nitrogen and oxygen atoms in total. The summed E-state index contributed by atoms with van der Waals surface area (Å²) in [5, 5.41) is 9.92. The number of benzene rings is 1. The minimum atomic E-state index is -0.753. The molecule has 2 saturated heterocycles. The zero-order valence-corrected chi connectivity index (χ0v) is 15.7. The Morgan fingerprint density at radius 3 is 2.58 bits per heavy atom. The predicted octanol–water partition coefficient (Wildman–Crippen LogP) is 1.78. The highest BCUT2D eigenvalue weighted by atomic mass is 35.5. The lowest BCUT2D eigenvalue weighted by Crippen LogP contribution is -2.52. The van der Waals surface area contributed by atoms with Gasteiger partial charge in [-0.1, -0.05) is 23.7 Å². The third kappa shape index (κ3) is 5.19. The number of nitrogens with zero attached hydrogens (tertiary/aromatic N) is 3. The number of carbonyl (C=O) groups is 2. The number of carboxylic acids is 1. The second-order valence-electron chi connectivity index (χ2n) is 7.20. The fourth-order valence-corrected chi connectivity index (χ4v) is 3.95. The topological polar surface area (TPSA) is 64.1 Å². The Balaban J connectivity index is 1.44. The largest absolute Gasteiger partial charge is 0.481 e. The van der Waals surface area contributed by atoms with E-state index in [1.807, 2.05) is 28.0 Å². The van der Waals surface area contributed by atoms with E-state index in [-0.39, 0.29) is 11.8 Å². The normalized spacial score (nSPS) is 22.3. The average Bonchev–Trinajstić information content (AvgIpc) is 2.62. The summed E-state index contributed by atoms with van der Waals surface area (Å²) in [4.78, 5) is 29.9. The van der Waals surface area contributed by atoms with Crippen LogP contribution in [0.3, 0.4) is 0 Å². The van der Waals surface area contributed by atoms with Crippen LogP contribution in [0, 0.1) is 5.92 Å². The van der Waals surface area contributed by atoms with Crippen molar-refractivity contribution < 1.29 is 14.7 Å². The van der Waals surface area contributed by atoms with Gasteiger partial charge in [0.2, 0.25) is 5.91 Å². The number of amides is 1. The van der Waals surface area contributed by atoms with E-state index in [0.29, 0.717) is 19.5 Å². The van der Waals surface area contributed by atoms with E-state index < -0.39 is 5.97 Å². The van der Waals surface area contributed by atoms with Gasteiger partial charge in [-0.3, -0.25) is 19.4 Å². The van der Waals surface area contributed by atoms with Crippen LogP contribution in [-0.2, 0) is 16.1 Å². The van der Waals surface area contributed by atoms with Crippen molar-refractivity contribution in [2.24, 2.45) is 5.92 Å². The predicted molar refractivity (Wildman–Crippen MR) is 100 cm³/mol. The molecule has 142 valence electrons. The van der Waals surface area contributed by atoms with Gasteiger partial charge < -0.3 is 10.0 Å². The number of aliphatic carboxylic acids is 1. The summed E-state index contributed by atoms with van der Waals surface area (Å²) >= 11 is 6.04. The summed E-state index contributed by atoms with van der Waals surface area (Å²) in [6.07, 6.45) is 1.56. The van der Waals surface area contributed by atoms with Gasteiger partial charge in [0.15, 0.2) is 0 Å². The van der Waals surface area contributed by atoms with Gasteiger partial charge in [0.1, 0.15) is 0 Å². The zero-order valence-electron chi connectivity index (χ0n) is 14.9. The fraction of sp³-hybridized carbons (Fsp3) is 0.579. The average molecular weight is 380 g/mol. The van der Waals surface area contributed by atoms with Crippen molar-refractivity contribution in [3.05, 3.63) is 34.9 Å². The summed E-state index contributed by atoms with van der Waals surface area (Å²) in [6.45, 7) is 5.59. The van der Waals surface area contributed by atoms with Gasteiger partial charge in [-0.05, 0) is 37.1 Å². The number of hydrogen-bond donors (Lipinski definition) is 1. The number of rotatable bonds is 5. The standard InChI is InChI=1S/C19H26ClN3O3/c20-17-5-1-3-15(11-17)12-21-7-9-23(10-8-21)18(24)14-22-6-2-4-16(13-22)19(25)26/h1,3,5,11,16H,2,4,6-10,12-14H2,(H,25,26). The molecule has 2 fully saturated rings. The highest BCUT2D eigenvalue weighted by molar-refractivity contribution is 6.30. The fourth-order valence-electron chi connectivity index (χ4n) is 3.74. The number of halogens is 1. The van der Waals surface area contributed by atoms with Gasteiger partial charge in [0.05, 0.1) is 12.5 Å². The highest BCUT2D eigenvalue weighted by Gasteiger charge is 2.28. The second-order valence-corrected chi connectivity index (χ2v) is 7.64. The van der Waals surface area contributed by atoms with Gasteiger partial charge in [-0.25, -0.2) is 0 Å². The Morgan fingerprint density at radius 1 is 1.12 bits per heavy atom. The van der Waals surface area contributed by atoms with Crippen molar-refractivity contribution in [1.29, 1.82) is 0 Å². The van der Waals surface area contributed by atoms with E-state index in [0.717, 1.165) is 50.7 Å². The van der Waals surface area contributed by atoms with Crippen LogP contribution < -0.4 is 0 Å². The van der Waals surface area contributed by atoms with Gasteiger partial charge in [0, 0.05) is 44.3 Å². The lowest BCUT2D eigenvalue weighted by atomic mass is 9.98. The third-order valence-corrected chi connectivity index (χ3v) is 5.47. The Hall–Kier alpha value is -1.63. The number of hydrogen-bond acceptors (Lipinski definition) is 4. The first kappa shape index (κ1) is 19.1. The van der Waals surface area contributed by atoms with Crippen LogP contribution in [0.2, 0.25) is 5.02 Å². The van der Waals surface area contributed by atoms with Crippen molar-refractivity contribution in [2.75, 3.05) is 45.8 Å². The molecular weight excluding hydrogens is 354 g/mol. The molecule has 1 N–H and O–H groups in total. The smallest absolute Gasteiger partial charge is 0.307 e. The van der Waals surface area contributed by atoms with E-state index in [9.17, 15) is 14.7 Å². The maximum atomic E-state index is 12.6. The molecule has 0 aliphatic carbocycles. The van der Waals surface area contributed by atoms with E-state index >= 15 is 0 Å². The second kappa shape index (κ2) is 8.84. The monoisotopic (exact) mass is 379 g/mol. The maximum absolute atomic E-state index is 12.6. The summed E-state index contributed by atoms with van der Waals surface area (Å²) in [5.41, 5.74) is 1.19. The minimum absolute atomic E-state index is 0.110. The molecule has 2 aliphatic heterocycles. The first-order chi connectivity index (χ1) is 12.5. The molecule has 1 aromatic rings. The van der Waals surface area contributed by atoms with Gasteiger partial charge in [-0.15, -0.1) is 0 Å². The molecular formula is C19H26ClN3O3. The van der Waals surface area contributed by atoms with Crippen molar-refractivity contribution in [3.63, 3.8) is 0 Å². The third-order valence-electron chi connectivity index (χ3n) is 5.23.